The highest BCUT2D eigenvalue weighted by Crippen LogP contribution is 2.45. The summed E-state index contributed by atoms with van der Waals surface area (Å²) in [5.74, 6) is 0.310. The number of Topliss-reactive ketones (excluding diaryl/α,β-unsaturated/α-hetero) is 1. The van der Waals surface area contributed by atoms with E-state index in [0.29, 0.717) is 24.7 Å². The van der Waals surface area contributed by atoms with E-state index in [1.54, 1.807) is 0 Å². The predicted molar refractivity (Wildman–Crippen MR) is 66.4 cm³/mol. The third-order valence-electron chi connectivity index (χ3n) is 3.98. The first-order valence-corrected chi connectivity index (χ1v) is 6.56. The number of hydrogen-bond acceptors (Lipinski definition) is 3. The lowest BCUT2D eigenvalue weighted by atomic mass is 9.70. The van der Waals surface area contributed by atoms with E-state index in [4.69, 9.17) is 0 Å². The van der Waals surface area contributed by atoms with Gasteiger partial charge in [0.1, 0.15) is 5.78 Å². The molecule has 90 valence electrons. The van der Waals surface area contributed by atoms with Gasteiger partial charge in [-0.1, -0.05) is 22.5 Å². The lowest BCUT2D eigenvalue weighted by Crippen LogP contribution is -2.46. The number of carbonyl (C=O) groups is 1. The van der Waals surface area contributed by atoms with Gasteiger partial charge in [-0.05, 0) is 19.4 Å². The Morgan fingerprint density at radius 3 is 3.06 bits per heavy atom. The predicted octanol–water partition coefficient (Wildman–Crippen LogP) is 1.70. The van der Waals surface area contributed by atoms with Gasteiger partial charge < -0.3 is 5.11 Å². The van der Waals surface area contributed by atoms with Crippen LogP contribution in [-0.2, 0) is 4.79 Å². The monoisotopic (exact) mass is 287 g/mol. The smallest absolute Gasteiger partial charge is 0.133 e. The van der Waals surface area contributed by atoms with E-state index < -0.39 is 0 Å². The molecule has 1 aliphatic carbocycles. The summed E-state index contributed by atoms with van der Waals surface area (Å²) in [5.41, 5.74) is -0.169. The summed E-state index contributed by atoms with van der Waals surface area (Å²) >= 11 is 3.39. The fourth-order valence-electron chi connectivity index (χ4n) is 3.20. The SMILES string of the molecule is C=C(Br)CN1CC[C@@]2(CO)CC(=O)CC[C@@H]12. The third-order valence-corrected chi connectivity index (χ3v) is 4.23. The molecule has 0 aromatic rings. The molecule has 0 unspecified atom stereocenters. The van der Waals surface area contributed by atoms with Crippen LogP contribution in [-0.4, -0.2) is 41.5 Å². The molecule has 0 spiro atoms. The van der Waals surface area contributed by atoms with Crippen LogP contribution >= 0.6 is 15.9 Å². The van der Waals surface area contributed by atoms with Gasteiger partial charge in [0, 0.05) is 35.3 Å². The Hall–Kier alpha value is -0.190. The second-order valence-corrected chi connectivity index (χ2v) is 6.15. The van der Waals surface area contributed by atoms with Crippen molar-refractivity contribution in [3.8, 4) is 0 Å². The second-order valence-electron chi connectivity index (χ2n) is 5.03. The number of likely N-dealkylation sites (tertiary alicyclic amines) is 1. The van der Waals surface area contributed by atoms with E-state index in [2.05, 4.69) is 27.4 Å². The summed E-state index contributed by atoms with van der Waals surface area (Å²) in [7, 11) is 0. The third kappa shape index (κ3) is 2.11. The fraction of sp³-hybridized carbons (Fsp3) is 0.750. The van der Waals surface area contributed by atoms with Gasteiger partial charge in [0.2, 0.25) is 0 Å². The van der Waals surface area contributed by atoms with Crippen LogP contribution in [0, 0.1) is 5.41 Å². The van der Waals surface area contributed by atoms with Crippen molar-refractivity contribution in [3.05, 3.63) is 11.1 Å². The molecule has 1 heterocycles. The van der Waals surface area contributed by atoms with Crippen molar-refractivity contribution in [2.24, 2.45) is 5.41 Å². The molecule has 4 heteroatoms. The van der Waals surface area contributed by atoms with Gasteiger partial charge in [-0.2, -0.15) is 0 Å². The first kappa shape index (κ1) is 12.3. The molecule has 2 atom stereocenters. The molecule has 0 aromatic heterocycles. The highest BCUT2D eigenvalue weighted by atomic mass is 79.9. The quantitative estimate of drug-likeness (QED) is 0.859. The number of rotatable bonds is 3. The average molecular weight is 288 g/mol. The zero-order chi connectivity index (χ0) is 11.8. The van der Waals surface area contributed by atoms with E-state index in [0.717, 1.165) is 30.4 Å². The van der Waals surface area contributed by atoms with Gasteiger partial charge in [0.25, 0.3) is 0 Å². The zero-order valence-electron chi connectivity index (χ0n) is 9.41. The number of ketones is 1. The maximum absolute atomic E-state index is 11.5. The molecule has 3 nitrogen and oxygen atoms in total. The highest BCUT2D eigenvalue weighted by molar-refractivity contribution is 9.11. The number of hydrogen-bond donors (Lipinski definition) is 1. The second kappa shape index (κ2) is 4.59. The molecule has 1 aliphatic heterocycles. The zero-order valence-corrected chi connectivity index (χ0v) is 11.0. The molecule has 2 fully saturated rings. The lowest BCUT2D eigenvalue weighted by molar-refractivity contribution is -0.126. The molecule has 2 aliphatic rings. The van der Waals surface area contributed by atoms with E-state index in [-0.39, 0.29) is 12.0 Å². The van der Waals surface area contributed by atoms with Crippen LogP contribution in [0.5, 0.6) is 0 Å². The summed E-state index contributed by atoms with van der Waals surface area (Å²) in [6, 6.07) is 0.351. The molecule has 0 amide bonds. The van der Waals surface area contributed by atoms with Crippen LogP contribution in [0.4, 0.5) is 0 Å². The highest BCUT2D eigenvalue weighted by Gasteiger charge is 2.49. The normalized spacial score (nSPS) is 35.1. The van der Waals surface area contributed by atoms with Gasteiger partial charge >= 0.3 is 0 Å². The lowest BCUT2D eigenvalue weighted by Gasteiger charge is -2.40. The van der Waals surface area contributed by atoms with Crippen LogP contribution in [0.2, 0.25) is 0 Å². The van der Waals surface area contributed by atoms with Gasteiger partial charge in [-0.15, -0.1) is 0 Å². The van der Waals surface area contributed by atoms with E-state index >= 15 is 0 Å². The minimum atomic E-state index is -0.169. The minimum absolute atomic E-state index is 0.134. The molecule has 1 saturated heterocycles. The molecular weight excluding hydrogens is 270 g/mol. The number of aliphatic hydroxyl groups is 1. The van der Waals surface area contributed by atoms with Crippen LogP contribution < -0.4 is 0 Å². The molecule has 0 radical (unpaired) electrons. The van der Waals surface area contributed by atoms with Gasteiger partial charge in [0.05, 0.1) is 6.61 Å². The molecule has 1 saturated carbocycles. The Kier molecular flexibility index (Phi) is 3.52. The van der Waals surface area contributed by atoms with Crippen molar-refractivity contribution in [1.82, 2.24) is 4.90 Å². The van der Waals surface area contributed by atoms with Crippen molar-refractivity contribution < 1.29 is 9.90 Å². The summed E-state index contributed by atoms with van der Waals surface area (Å²) in [6.45, 7) is 5.78. The maximum atomic E-state index is 11.5. The standard InChI is InChI=1S/C12H18BrNO2/c1-9(13)7-14-5-4-12(8-15)6-10(16)2-3-11(12)14/h11,15H,1-8H2/t11-,12+/m1/s1. The number of aliphatic hydroxyl groups excluding tert-OH is 1. The van der Waals surface area contributed by atoms with Crippen LogP contribution in [0.1, 0.15) is 25.7 Å². The van der Waals surface area contributed by atoms with Gasteiger partial charge in [-0.25, -0.2) is 0 Å². The largest absolute Gasteiger partial charge is 0.396 e. The summed E-state index contributed by atoms with van der Waals surface area (Å²) < 4.78 is 0.970. The van der Waals surface area contributed by atoms with Crippen LogP contribution in [0.15, 0.2) is 11.1 Å². The summed E-state index contributed by atoms with van der Waals surface area (Å²) in [5, 5.41) is 9.61. The molecule has 2 rings (SSSR count). The van der Waals surface area contributed by atoms with Crippen LogP contribution in [0.3, 0.4) is 0 Å². The van der Waals surface area contributed by atoms with Crippen molar-refractivity contribution in [2.45, 2.75) is 31.7 Å². The minimum Gasteiger partial charge on any atom is -0.396 e. The fourth-order valence-corrected chi connectivity index (χ4v) is 3.52. The molecule has 1 N–H and O–H groups in total. The summed E-state index contributed by atoms with van der Waals surface area (Å²) in [6.07, 6.45) is 3.04. The molecular formula is C12H18BrNO2. The Bertz CT molecular complexity index is 318. The van der Waals surface area contributed by atoms with Gasteiger partial charge in [-0.3, -0.25) is 9.69 Å². The Balaban J connectivity index is 2.14. The van der Waals surface area contributed by atoms with Crippen LogP contribution in [0.25, 0.3) is 0 Å². The Labute approximate surface area is 105 Å². The maximum Gasteiger partial charge on any atom is 0.133 e. The van der Waals surface area contributed by atoms with E-state index in [1.807, 2.05) is 0 Å². The average Bonchev–Trinajstić information content (AvgIpc) is 2.56. The topological polar surface area (TPSA) is 40.5 Å². The van der Waals surface area contributed by atoms with Crippen molar-refractivity contribution in [1.29, 1.82) is 0 Å². The van der Waals surface area contributed by atoms with Crippen molar-refractivity contribution >= 4 is 21.7 Å². The first-order chi connectivity index (χ1) is 7.57. The van der Waals surface area contributed by atoms with E-state index in [1.165, 1.54) is 0 Å². The van der Waals surface area contributed by atoms with Crippen molar-refractivity contribution in [2.75, 3.05) is 19.7 Å². The Morgan fingerprint density at radius 1 is 1.69 bits per heavy atom. The van der Waals surface area contributed by atoms with E-state index in [9.17, 15) is 9.90 Å². The number of fused-ring (bicyclic) bond motifs is 1. The first-order valence-electron chi connectivity index (χ1n) is 5.77. The van der Waals surface area contributed by atoms with Crippen molar-refractivity contribution in [3.63, 3.8) is 0 Å². The molecule has 0 bridgehead atoms. The number of nitrogens with zero attached hydrogens (tertiary/aromatic N) is 1. The van der Waals surface area contributed by atoms with Gasteiger partial charge in [0.15, 0.2) is 0 Å². The Morgan fingerprint density at radius 2 is 2.44 bits per heavy atom. The molecule has 0 aromatic carbocycles. The molecule has 16 heavy (non-hydrogen) atoms. The number of halogens is 1. The summed E-state index contributed by atoms with van der Waals surface area (Å²) in [4.78, 5) is 13.9. The number of carbonyl (C=O) groups excluding carboxylic acids is 1.